The zero-order valence-electron chi connectivity index (χ0n) is 10.8. The van der Waals surface area contributed by atoms with E-state index in [2.05, 4.69) is 5.48 Å². The van der Waals surface area contributed by atoms with Gasteiger partial charge in [-0.1, -0.05) is 30.3 Å². The Morgan fingerprint density at radius 1 is 1.32 bits per heavy atom. The maximum Gasteiger partial charge on any atom is 0.288 e. The molecule has 2 aromatic rings. The Morgan fingerprint density at radius 3 is 2.68 bits per heavy atom. The van der Waals surface area contributed by atoms with Gasteiger partial charge in [0.15, 0.2) is 0 Å². The Bertz CT molecular complexity index is 551. The molecule has 19 heavy (non-hydrogen) atoms. The van der Waals surface area contributed by atoms with Crippen molar-refractivity contribution in [2.45, 2.75) is 6.92 Å². The number of ether oxygens (including phenoxy) is 1. The number of carbonyl (C=O) groups excluding carboxylic acids is 1. The molecular formula is C14H15NO3S. The SMILES string of the molecule is CCONC(=O)c1sc(-c2ccccc2)cc1OC. The second kappa shape index (κ2) is 6.36. The smallest absolute Gasteiger partial charge is 0.288 e. The monoisotopic (exact) mass is 277 g/mol. The highest BCUT2D eigenvalue weighted by atomic mass is 32.1. The van der Waals surface area contributed by atoms with Crippen LogP contribution in [-0.4, -0.2) is 19.6 Å². The molecule has 4 nitrogen and oxygen atoms in total. The lowest BCUT2D eigenvalue weighted by Crippen LogP contribution is -2.22. The van der Waals surface area contributed by atoms with Crippen LogP contribution in [0.4, 0.5) is 0 Å². The van der Waals surface area contributed by atoms with E-state index in [4.69, 9.17) is 9.57 Å². The van der Waals surface area contributed by atoms with Crippen molar-refractivity contribution in [2.75, 3.05) is 13.7 Å². The Morgan fingerprint density at radius 2 is 2.05 bits per heavy atom. The summed E-state index contributed by atoms with van der Waals surface area (Å²) in [5.74, 6) is 0.270. The molecule has 0 radical (unpaired) electrons. The Kier molecular flexibility index (Phi) is 4.54. The normalized spacial score (nSPS) is 10.2. The highest BCUT2D eigenvalue weighted by molar-refractivity contribution is 7.17. The van der Waals surface area contributed by atoms with Gasteiger partial charge in [0.25, 0.3) is 5.91 Å². The largest absolute Gasteiger partial charge is 0.495 e. The van der Waals surface area contributed by atoms with E-state index in [0.29, 0.717) is 17.2 Å². The fourth-order valence-electron chi connectivity index (χ4n) is 1.61. The number of benzene rings is 1. The fraction of sp³-hybridized carbons (Fsp3) is 0.214. The molecule has 1 amide bonds. The number of methoxy groups -OCH3 is 1. The lowest BCUT2D eigenvalue weighted by Gasteiger charge is -2.03. The van der Waals surface area contributed by atoms with Crippen LogP contribution in [0.3, 0.4) is 0 Å². The second-order valence-corrected chi connectivity index (χ2v) is 4.79. The molecule has 0 unspecified atom stereocenters. The molecule has 0 aliphatic carbocycles. The van der Waals surface area contributed by atoms with Gasteiger partial charge in [0.2, 0.25) is 0 Å². The topological polar surface area (TPSA) is 47.6 Å². The molecule has 0 bridgehead atoms. The Labute approximate surface area is 115 Å². The first-order valence-corrected chi connectivity index (χ1v) is 6.73. The van der Waals surface area contributed by atoms with E-state index < -0.39 is 0 Å². The number of amides is 1. The molecule has 5 heteroatoms. The van der Waals surface area contributed by atoms with Crippen LogP contribution in [0.15, 0.2) is 36.4 Å². The van der Waals surface area contributed by atoms with Crippen molar-refractivity contribution in [3.05, 3.63) is 41.3 Å². The third-order valence-corrected chi connectivity index (χ3v) is 3.66. The number of thiophene rings is 1. The van der Waals surface area contributed by atoms with E-state index in [9.17, 15) is 4.79 Å². The molecule has 1 aromatic carbocycles. The minimum Gasteiger partial charge on any atom is -0.495 e. The first-order chi connectivity index (χ1) is 9.26. The molecule has 0 atom stereocenters. The van der Waals surface area contributed by atoms with Crippen LogP contribution in [0.25, 0.3) is 10.4 Å². The van der Waals surface area contributed by atoms with E-state index >= 15 is 0 Å². The number of nitrogens with one attached hydrogen (secondary N) is 1. The van der Waals surface area contributed by atoms with Crippen molar-refractivity contribution in [1.82, 2.24) is 5.48 Å². The molecule has 0 saturated carbocycles. The molecule has 0 aliphatic rings. The van der Waals surface area contributed by atoms with Crippen molar-refractivity contribution in [1.29, 1.82) is 0 Å². The standard InChI is InChI=1S/C14H15NO3S/c1-3-18-15-14(16)13-11(17-2)9-12(19-13)10-7-5-4-6-8-10/h4-9H,3H2,1-2H3,(H,15,16). The van der Waals surface area contributed by atoms with Crippen LogP contribution < -0.4 is 10.2 Å². The van der Waals surface area contributed by atoms with E-state index in [0.717, 1.165) is 10.4 Å². The van der Waals surface area contributed by atoms with Crippen molar-refractivity contribution >= 4 is 17.2 Å². The fourth-order valence-corrected chi connectivity index (χ4v) is 2.63. The van der Waals surface area contributed by atoms with Crippen LogP contribution in [-0.2, 0) is 4.84 Å². The van der Waals surface area contributed by atoms with Crippen LogP contribution in [0.1, 0.15) is 16.6 Å². The van der Waals surface area contributed by atoms with Crippen LogP contribution in [0.5, 0.6) is 5.75 Å². The third kappa shape index (κ3) is 3.13. The van der Waals surface area contributed by atoms with Crippen molar-refractivity contribution < 1.29 is 14.4 Å². The van der Waals surface area contributed by atoms with E-state index in [1.54, 1.807) is 14.0 Å². The van der Waals surface area contributed by atoms with Gasteiger partial charge in [0, 0.05) is 4.88 Å². The number of hydrogen-bond acceptors (Lipinski definition) is 4. The zero-order valence-corrected chi connectivity index (χ0v) is 11.6. The molecule has 0 saturated heterocycles. The summed E-state index contributed by atoms with van der Waals surface area (Å²) in [6.45, 7) is 2.23. The van der Waals surface area contributed by atoms with Gasteiger partial charge in [-0.2, -0.15) is 0 Å². The summed E-state index contributed by atoms with van der Waals surface area (Å²) in [6.07, 6.45) is 0. The average Bonchev–Trinajstić information content (AvgIpc) is 2.90. The molecule has 0 fully saturated rings. The third-order valence-electron chi connectivity index (χ3n) is 2.49. The van der Waals surface area contributed by atoms with E-state index in [1.807, 2.05) is 36.4 Å². The summed E-state index contributed by atoms with van der Waals surface area (Å²) >= 11 is 1.38. The molecule has 0 spiro atoms. The van der Waals surface area contributed by atoms with Gasteiger partial charge < -0.3 is 4.74 Å². The predicted octanol–water partition coefficient (Wildman–Crippen LogP) is 3.11. The number of hydrogen-bond donors (Lipinski definition) is 1. The van der Waals surface area contributed by atoms with Crippen molar-refractivity contribution in [2.24, 2.45) is 0 Å². The Hall–Kier alpha value is -1.85. The van der Waals surface area contributed by atoms with Crippen molar-refractivity contribution in [3.63, 3.8) is 0 Å². The lowest BCUT2D eigenvalue weighted by atomic mass is 10.2. The van der Waals surface area contributed by atoms with Gasteiger partial charge >= 0.3 is 0 Å². The molecule has 1 aromatic heterocycles. The highest BCUT2D eigenvalue weighted by Crippen LogP contribution is 2.35. The summed E-state index contributed by atoms with van der Waals surface area (Å²) in [4.78, 5) is 18.3. The first-order valence-electron chi connectivity index (χ1n) is 5.91. The minimum atomic E-state index is -0.286. The summed E-state index contributed by atoms with van der Waals surface area (Å²) in [5, 5.41) is 0. The Balaban J connectivity index is 2.30. The molecule has 2 rings (SSSR count). The summed E-state index contributed by atoms with van der Waals surface area (Å²) in [6, 6.07) is 11.7. The first kappa shape index (κ1) is 13.6. The van der Waals surface area contributed by atoms with E-state index in [1.165, 1.54) is 11.3 Å². The highest BCUT2D eigenvalue weighted by Gasteiger charge is 2.17. The summed E-state index contributed by atoms with van der Waals surface area (Å²) in [7, 11) is 1.55. The second-order valence-electron chi connectivity index (χ2n) is 3.74. The summed E-state index contributed by atoms with van der Waals surface area (Å²) < 4.78 is 5.24. The summed E-state index contributed by atoms with van der Waals surface area (Å²) in [5.41, 5.74) is 3.44. The number of carbonyl (C=O) groups is 1. The molecule has 100 valence electrons. The maximum atomic E-state index is 11.9. The van der Waals surface area contributed by atoms with Gasteiger partial charge in [-0.3, -0.25) is 9.63 Å². The van der Waals surface area contributed by atoms with Crippen molar-refractivity contribution in [3.8, 4) is 16.2 Å². The van der Waals surface area contributed by atoms with Crippen LogP contribution >= 0.6 is 11.3 Å². The van der Waals surface area contributed by atoms with E-state index in [-0.39, 0.29) is 5.91 Å². The van der Waals surface area contributed by atoms with Crippen LogP contribution in [0, 0.1) is 0 Å². The lowest BCUT2D eigenvalue weighted by molar-refractivity contribution is 0.0366. The molecule has 0 aliphatic heterocycles. The average molecular weight is 277 g/mol. The van der Waals surface area contributed by atoms with Gasteiger partial charge in [0.05, 0.1) is 13.7 Å². The molecule has 1 heterocycles. The predicted molar refractivity (Wildman–Crippen MR) is 75.4 cm³/mol. The van der Waals surface area contributed by atoms with Gasteiger partial charge in [-0.05, 0) is 18.6 Å². The van der Waals surface area contributed by atoms with Gasteiger partial charge in [-0.25, -0.2) is 5.48 Å². The number of rotatable bonds is 5. The quantitative estimate of drug-likeness (QED) is 0.854. The number of hydroxylamine groups is 1. The zero-order chi connectivity index (χ0) is 13.7. The van der Waals surface area contributed by atoms with Gasteiger partial charge in [-0.15, -0.1) is 11.3 Å². The minimum absolute atomic E-state index is 0.286. The molecular weight excluding hydrogens is 262 g/mol. The maximum absolute atomic E-state index is 11.9. The van der Waals surface area contributed by atoms with Crippen LogP contribution in [0.2, 0.25) is 0 Å². The molecule has 1 N–H and O–H groups in total. The van der Waals surface area contributed by atoms with Gasteiger partial charge in [0.1, 0.15) is 10.6 Å².